The lowest BCUT2D eigenvalue weighted by Gasteiger charge is -2.18. The van der Waals surface area contributed by atoms with E-state index < -0.39 is 15.9 Å². The summed E-state index contributed by atoms with van der Waals surface area (Å²) in [5.41, 5.74) is 1.01. The number of anilines is 1. The molecule has 17 heteroatoms. The van der Waals surface area contributed by atoms with Gasteiger partial charge in [0.2, 0.25) is 21.1 Å². The highest BCUT2D eigenvalue weighted by atomic mass is 32.2. The van der Waals surface area contributed by atoms with Gasteiger partial charge in [-0.2, -0.15) is 4.31 Å². The minimum absolute atomic E-state index is 0.0218. The van der Waals surface area contributed by atoms with Crippen molar-refractivity contribution in [3.05, 3.63) is 59.9 Å². The second kappa shape index (κ2) is 16.2. The maximum Gasteiger partial charge on any atom is 0.251 e. The summed E-state index contributed by atoms with van der Waals surface area (Å²) >= 11 is 4.05. The number of benzene rings is 2. The number of hydrogen-bond donors (Lipinski definition) is 2. The Morgan fingerprint density at radius 1 is 0.933 bits per heavy atom. The molecular formula is C28H34N8O5S4. The van der Waals surface area contributed by atoms with E-state index >= 15 is 0 Å². The first-order valence-corrected chi connectivity index (χ1v) is 18.4. The number of carbonyl (C=O) groups excluding carboxylic acids is 2. The van der Waals surface area contributed by atoms with Crippen LogP contribution in [0.3, 0.4) is 0 Å². The third kappa shape index (κ3) is 8.82. The van der Waals surface area contributed by atoms with Crippen LogP contribution in [0.2, 0.25) is 0 Å². The number of rotatable bonds is 16. The Morgan fingerprint density at radius 2 is 1.64 bits per heavy atom. The van der Waals surface area contributed by atoms with Gasteiger partial charge in [0.1, 0.15) is 5.75 Å². The van der Waals surface area contributed by atoms with Crippen LogP contribution >= 0.6 is 34.9 Å². The summed E-state index contributed by atoms with van der Waals surface area (Å²) in [5, 5.41) is 23.1. The van der Waals surface area contributed by atoms with Gasteiger partial charge in [-0.15, -0.1) is 20.4 Å². The number of hydrogen-bond acceptors (Lipinski definition) is 12. The summed E-state index contributed by atoms with van der Waals surface area (Å²) < 4.78 is 35.1. The van der Waals surface area contributed by atoms with E-state index in [1.165, 1.54) is 51.7 Å². The summed E-state index contributed by atoms with van der Waals surface area (Å²) in [6.07, 6.45) is 0. The van der Waals surface area contributed by atoms with Crippen LogP contribution in [-0.4, -0.2) is 80.7 Å². The lowest BCUT2D eigenvalue weighted by atomic mass is 10.2. The molecule has 0 bridgehead atoms. The molecule has 2 N–H and O–H groups in total. The molecule has 45 heavy (non-hydrogen) atoms. The quantitative estimate of drug-likeness (QED) is 0.127. The third-order valence-corrected chi connectivity index (χ3v) is 11.1. The lowest BCUT2D eigenvalue weighted by molar-refractivity contribution is -0.113. The van der Waals surface area contributed by atoms with Crippen LogP contribution in [0.5, 0.6) is 5.75 Å². The SMILES string of the molecule is CCOc1ccc(-n2c(CNC(=O)c3ccc(S(=O)(=O)N(CC)CC)cc3)nnc2SCC(=O)Nc2nnc(SCC)s2)cc1. The zero-order valence-electron chi connectivity index (χ0n) is 25.2. The summed E-state index contributed by atoms with van der Waals surface area (Å²) in [5.74, 6) is 1.35. The van der Waals surface area contributed by atoms with E-state index in [1.54, 1.807) is 30.2 Å². The van der Waals surface area contributed by atoms with Crippen molar-refractivity contribution in [2.75, 3.05) is 36.5 Å². The minimum Gasteiger partial charge on any atom is -0.494 e. The van der Waals surface area contributed by atoms with Crippen LogP contribution in [-0.2, 0) is 21.4 Å². The molecule has 240 valence electrons. The van der Waals surface area contributed by atoms with Gasteiger partial charge in [-0.25, -0.2) is 8.42 Å². The zero-order valence-corrected chi connectivity index (χ0v) is 28.5. The van der Waals surface area contributed by atoms with Crippen LogP contribution in [0, 0.1) is 0 Å². The van der Waals surface area contributed by atoms with E-state index in [-0.39, 0.29) is 23.1 Å². The number of aromatic nitrogens is 5. The molecule has 0 atom stereocenters. The molecule has 2 heterocycles. The zero-order chi connectivity index (χ0) is 32.4. The normalized spacial score (nSPS) is 11.5. The molecule has 0 saturated carbocycles. The molecule has 2 amide bonds. The maximum atomic E-state index is 13.0. The Bertz CT molecular complexity index is 1690. The number of amides is 2. The van der Waals surface area contributed by atoms with Crippen LogP contribution in [0.1, 0.15) is 43.9 Å². The summed E-state index contributed by atoms with van der Waals surface area (Å²) in [6.45, 7) is 8.71. The van der Waals surface area contributed by atoms with Crippen molar-refractivity contribution in [3.8, 4) is 11.4 Å². The maximum absolute atomic E-state index is 13.0. The van der Waals surface area contributed by atoms with Gasteiger partial charge >= 0.3 is 0 Å². The van der Waals surface area contributed by atoms with Crippen molar-refractivity contribution in [3.63, 3.8) is 0 Å². The summed E-state index contributed by atoms with van der Waals surface area (Å²) in [7, 11) is -3.64. The van der Waals surface area contributed by atoms with E-state index in [9.17, 15) is 18.0 Å². The number of ether oxygens (including phenoxy) is 1. The number of carbonyl (C=O) groups is 2. The summed E-state index contributed by atoms with van der Waals surface area (Å²) in [4.78, 5) is 25.8. The van der Waals surface area contributed by atoms with Crippen molar-refractivity contribution in [1.29, 1.82) is 0 Å². The molecule has 0 saturated heterocycles. The van der Waals surface area contributed by atoms with E-state index in [1.807, 2.05) is 38.1 Å². The molecule has 0 unspecified atom stereocenters. The van der Waals surface area contributed by atoms with Crippen molar-refractivity contribution >= 4 is 61.8 Å². The highest BCUT2D eigenvalue weighted by Crippen LogP contribution is 2.27. The Kier molecular flexibility index (Phi) is 12.3. The van der Waals surface area contributed by atoms with Crippen molar-refractivity contribution in [1.82, 2.24) is 34.6 Å². The fourth-order valence-electron chi connectivity index (χ4n) is 4.11. The smallest absolute Gasteiger partial charge is 0.251 e. The van der Waals surface area contributed by atoms with E-state index in [4.69, 9.17) is 4.74 Å². The van der Waals surface area contributed by atoms with Gasteiger partial charge in [0.15, 0.2) is 15.3 Å². The molecule has 0 fully saturated rings. The highest BCUT2D eigenvalue weighted by Gasteiger charge is 2.22. The molecule has 0 aliphatic heterocycles. The second-order valence-corrected chi connectivity index (χ2v) is 14.5. The number of nitrogens with one attached hydrogen (secondary N) is 2. The number of sulfonamides is 1. The first kappa shape index (κ1) is 34.4. The first-order valence-electron chi connectivity index (χ1n) is 14.1. The topological polar surface area (TPSA) is 161 Å². The second-order valence-electron chi connectivity index (χ2n) is 9.10. The highest BCUT2D eigenvalue weighted by molar-refractivity contribution is 8.01. The molecule has 0 aliphatic rings. The fourth-order valence-corrected chi connectivity index (χ4v) is 8.00. The largest absolute Gasteiger partial charge is 0.494 e. The van der Waals surface area contributed by atoms with Crippen molar-refractivity contribution in [2.24, 2.45) is 0 Å². The Morgan fingerprint density at radius 3 is 2.29 bits per heavy atom. The van der Waals surface area contributed by atoms with Crippen molar-refractivity contribution < 1.29 is 22.7 Å². The van der Waals surface area contributed by atoms with E-state index in [0.717, 1.165) is 10.1 Å². The number of nitrogens with zero attached hydrogens (tertiary/aromatic N) is 6. The van der Waals surface area contributed by atoms with Crippen LogP contribution < -0.4 is 15.4 Å². The average Bonchev–Trinajstić information content (AvgIpc) is 3.66. The molecule has 2 aromatic heterocycles. The lowest BCUT2D eigenvalue weighted by Crippen LogP contribution is -2.30. The van der Waals surface area contributed by atoms with Gasteiger partial charge in [0.25, 0.3) is 5.91 Å². The molecular weight excluding hydrogens is 657 g/mol. The molecule has 4 aromatic rings. The Labute approximate surface area is 274 Å². The van der Waals surface area contributed by atoms with Gasteiger partial charge in [-0.05, 0) is 61.2 Å². The van der Waals surface area contributed by atoms with Gasteiger partial charge in [0.05, 0.1) is 23.8 Å². The monoisotopic (exact) mass is 690 g/mol. The predicted octanol–water partition coefficient (Wildman–Crippen LogP) is 4.32. The Hall–Kier alpha value is -3.51. The predicted molar refractivity (Wildman–Crippen MR) is 176 cm³/mol. The van der Waals surface area contributed by atoms with Crippen LogP contribution in [0.25, 0.3) is 5.69 Å². The third-order valence-electron chi connectivity index (χ3n) is 6.23. The van der Waals surface area contributed by atoms with Gasteiger partial charge in [-0.3, -0.25) is 19.5 Å². The van der Waals surface area contributed by atoms with Gasteiger partial charge in [-0.1, -0.05) is 55.6 Å². The van der Waals surface area contributed by atoms with Gasteiger partial charge < -0.3 is 10.1 Å². The molecule has 0 spiro atoms. The Balaban J connectivity index is 1.48. The van der Waals surface area contributed by atoms with Crippen molar-refractivity contribution in [2.45, 2.75) is 48.6 Å². The van der Waals surface area contributed by atoms with Crippen LogP contribution in [0.15, 0.2) is 62.9 Å². The molecule has 4 rings (SSSR count). The molecule has 0 radical (unpaired) electrons. The average molecular weight is 691 g/mol. The summed E-state index contributed by atoms with van der Waals surface area (Å²) in [6, 6.07) is 13.1. The fraction of sp³-hybridized carbons (Fsp3) is 0.357. The van der Waals surface area contributed by atoms with Crippen LogP contribution in [0.4, 0.5) is 5.13 Å². The van der Waals surface area contributed by atoms with Gasteiger partial charge in [0, 0.05) is 24.3 Å². The minimum atomic E-state index is -3.64. The standard InChI is InChI=1S/C28H34N8O5S4/c1-5-35(6-2)45(39,40)22-15-9-19(10-16-22)25(38)29-17-23-31-33-27(36(23)20-11-13-21(14-12-20)41-7-3)43-18-24(37)30-26-32-34-28(44-26)42-8-4/h9-16H,5-8,17-18H2,1-4H3,(H,29,38)(H,30,32,37). The van der Waals surface area contributed by atoms with E-state index in [0.29, 0.717) is 52.8 Å². The molecule has 2 aromatic carbocycles. The number of thioether (sulfide) groups is 2. The first-order chi connectivity index (χ1) is 21.7. The molecule has 13 nitrogen and oxygen atoms in total. The molecule has 0 aliphatic carbocycles. The van der Waals surface area contributed by atoms with E-state index in [2.05, 4.69) is 31.0 Å².